The minimum absolute atomic E-state index is 0.0747. The summed E-state index contributed by atoms with van der Waals surface area (Å²) in [5.74, 6) is 1.15. The van der Waals surface area contributed by atoms with E-state index in [1.54, 1.807) is 6.20 Å². The molecule has 146 valence electrons. The van der Waals surface area contributed by atoms with Crippen LogP contribution in [-0.2, 0) is 11.3 Å². The van der Waals surface area contributed by atoms with E-state index in [0.29, 0.717) is 31.1 Å². The Kier molecular flexibility index (Phi) is 4.67. The first-order valence-corrected chi connectivity index (χ1v) is 9.43. The number of pyridine rings is 1. The number of nitrogens with zero attached hydrogens (tertiary/aromatic N) is 5. The van der Waals surface area contributed by atoms with E-state index in [1.165, 1.54) is 7.11 Å². The predicted molar refractivity (Wildman–Crippen MR) is 101 cm³/mol. The van der Waals surface area contributed by atoms with Crippen molar-refractivity contribution in [1.82, 2.24) is 15.0 Å². The zero-order valence-corrected chi connectivity index (χ0v) is 16.3. The Balaban J connectivity index is 1.65. The summed E-state index contributed by atoms with van der Waals surface area (Å²) in [5.41, 5.74) is 3.00. The number of amides is 1. The molecule has 2 bridgehead atoms. The second-order valence-corrected chi connectivity index (χ2v) is 7.43. The fraction of sp³-hybridized carbons (Fsp3) is 0.500. The molecule has 3 saturated heterocycles. The molecule has 3 aliphatic rings. The van der Waals surface area contributed by atoms with Crippen LogP contribution in [0.2, 0.25) is 0 Å². The normalized spacial score (nSPS) is 21.6. The van der Waals surface area contributed by atoms with Crippen LogP contribution in [0.3, 0.4) is 0 Å². The van der Waals surface area contributed by atoms with Gasteiger partial charge in [-0.2, -0.15) is 5.26 Å². The predicted octanol–water partition coefficient (Wildman–Crippen LogP) is 2.19. The lowest BCUT2D eigenvalue weighted by Crippen LogP contribution is -2.47. The molecule has 2 aromatic heterocycles. The highest BCUT2D eigenvalue weighted by Crippen LogP contribution is 2.35. The molecule has 0 aromatic carbocycles. The third-order valence-electron chi connectivity index (χ3n) is 5.84. The molecule has 0 unspecified atom stereocenters. The first-order valence-electron chi connectivity index (χ1n) is 9.43. The van der Waals surface area contributed by atoms with Crippen molar-refractivity contribution in [2.45, 2.75) is 39.3 Å². The van der Waals surface area contributed by atoms with Gasteiger partial charge in [-0.25, -0.2) is 4.98 Å². The minimum Gasteiger partial charge on any atom is -0.480 e. The Morgan fingerprint density at radius 1 is 1.36 bits per heavy atom. The number of carbonyl (C=O) groups excluding carboxylic acids is 1. The number of piperidine rings is 1. The third-order valence-corrected chi connectivity index (χ3v) is 5.84. The smallest absolute Gasteiger partial charge is 0.233 e. The molecule has 5 heterocycles. The molecule has 1 amide bonds. The van der Waals surface area contributed by atoms with Gasteiger partial charge in [0.1, 0.15) is 17.4 Å². The van der Waals surface area contributed by atoms with E-state index in [9.17, 15) is 10.1 Å². The van der Waals surface area contributed by atoms with Crippen molar-refractivity contribution in [3.05, 3.63) is 34.8 Å². The Labute approximate surface area is 163 Å². The van der Waals surface area contributed by atoms with E-state index in [4.69, 9.17) is 9.26 Å². The molecular weight excluding hydrogens is 358 g/mol. The van der Waals surface area contributed by atoms with Gasteiger partial charge < -0.3 is 19.1 Å². The first kappa shape index (κ1) is 18.3. The topological polar surface area (TPSA) is 95.5 Å². The lowest BCUT2D eigenvalue weighted by molar-refractivity contribution is -0.140. The Hall–Kier alpha value is -3.08. The maximum atomic E-state index is 13.2. The average Bonchev–Trinajstić information content (AvgIpc) is 2.88. The molecule has 0 aliphatic carbocycles. The molecular formula is C20H23N5O3. The Bertz CT molecular complexity index is 928. The summed E-state index contributed by atoms with van der Waals surface area (Å²) in [6.07, 6.45) is 3.45. The van der Waals surface area contributed by atoms with E-state index in [-0.39, 0.29) is 17.9 Å². The second kappa shape index (κ2) is 7.15. The zero-order valence-electron chi connectivity index (χ0n) is 16.3. The van der Waals surface area contributed by atoms with Gasteiger partial charge in [0.15, 0.2) is 0 Å². The molecule has 3 fully saturated rings. The maximum Gasteiger partial charge on any atom is 0.233 e. The molecule has 5 rings (SSSR count). The number of rotatable bonds is 4. The van der Waals surface area contributed by atoms with Gasteiger partial charge in [-0.05, 0) is 32.8 Å². The first-order chi connectivity index (χ1) is 13.5. The van der Waals surface area contributed by atoms with Crippen LogP contribution in [0, 0.1) is 31.1 Å². The van der Waals surface area contributed by atoms with Crippen molar-refractivity contribution in [2.75, 3.05) is 25.1 Å². The number of carbonyl (C=O) groups is 1. The highest BCUT2D eigenvalue weighted by atomic mass is 16.5. The molecule has 0 N–H and O–H groups in total. The number of nitriles is 1. The summed E-state index contributed by atoms with van der Waals surface area (Å²) in [6, 6.07) is 4.11. The van der Waals surface area contributed by atoms with Gasteiger partial charge in [0.05, 0.1) is 31.0 Å². The van der Waals surface area contributed by atoms with E-state index >= 15 is 0 Å². The molecule has 2 aromatic rings. The number of ether oxygens (including phenoxy) is 1. The molecule has 28 heavy (non-hydrogen) atoms. The number of aromatic nitrogens is 2. The largest absolute Gasteiger partial charge is 0.480 e. The summed E-state index contributed by atoms with van der Waals surface area (Å²) in [6.45, 7) is 5.56. The summed E-state index contributed by atoms with van der Waals surface area (Å²) >= 11 is 0. The summed E-state index contributed by atoms with van der Waals surface area (Å²) < 4.78 is 10.5. The molecule has 0 radical (unpaired) electrons. The fourth-order valence-electron chi connectivity index (χ4n) is 4.30. The zero-order chi connectivity index (χ0) is 19.8. The van der Waals surface area contributed by atoms with Crippen LogP contribution in [0.1, 0.15) is 35.4 Å². The van der Waals surface area contributed by atoms with Gasteiger partial charge in [0, 0.05) is 30.9 Å². The summed E-state index contributed by atoms with van der Waals surface area (Å²) in [5, 5.41) is 13.6. The number of fused-ring (bicyclic) bond motifs is 4. The number of anilines is 1. The van der Waals surface area contributed by atoms with Crippen LogP contribution in [0.25, 0.3) is 0 Å². The number of aryl methyl sites for hydroxylation is 2. The Morgan fingerprint density at radius 3 is 2.86 bits per heavy atom. The molecule has 3 aliphatic heterocycles. The van der Waals surface area contributed by atoms with Gasteiger partial charge in [-0.15, -0.1) is 0 Å². The maximum absolute atomic E-state index is 13.2. The molecule has 2 atom stereocenters. The van der Waals surface area contributed by atoms with E-state index in [2.05, 4.69) is 21.1 Å². The Morgan fingerprint density at radius 2 is 2.18 bits per heavy atom. The highest BCUT2D eigenvalue weighted by molar-refractivity contribution is 5.82. The van der Waals surface area contributed by atoms with E-state index < -0.39 is 0 Å². The molecule has 8 nitrogen and oxygen atoms in total. The van der Waals surface area contributed by atoms with Gasteiger partial charge in [0.25, 0.3) is 0 Å². The van der Waals surface area contributed by atoms with Crippen molar-refractivity contribution in [2.24, 2.45) is 5.92 Å². The van der Waals surface area contributed by atoms with Gasteiger partial charge >= 0.3 is 0 Å². The summed E-state index contributed by atoms with van der Waals surface area (Å²) in [4.78, 5) is 21.4. The van der Waals surface area contributed by atoms with Crippen molar-refractivity contribution in [3.8, 4) is 11.9 Å². The van der Waals surface area contributed by atoms with Gasteiger partial charge in [-0.1, -0.05) is 5.16 Å². The number of hydrogen-bond donors (Lipinski definition) is 0. The molecule has 0 saturated carbocycles. The quantitative estimate of drug-likeness (QED) is 0.801. The van der Waals surface area contributed by atoms with Crippen molar-refractivity contribution in [3.63, 3.8) is 0 Å². The lowest BCUT2D eigenvalue weighted by atomic mass is 9.93. The molecule has 0 spiro atoms. The van der Waals surface area contributed by atoms with Crippen LogP contribution in [0.4, 0.5) is 5.69 Å². The number of hydrogen-bond acceptors (Lipinski definition) is 7. The lowest BCUT2D eigenvalue weighted by Gasteiger charge is -2.36. The van der Waals surface area contributed by atoms with Crippen molar-refractivity contribution < 1.29 is 14.1 Å². The van der Waals surface area contributed by atoms with E-state index in [0.717, 1.165) is 35.5 Å². The minimum atomic E-state index is -0.0927. The standard InChI is InChI=1S/C20H23N5O3/c1-12-17(13(2)28-23-12)11-25-15-5-4-14(20(25)26)9-24(10-15)18-6-7-22-19(27-3)16(18)8-21/h6-7,14-15H,4-5,9-11H2,1-3H3/t14-,15+/m1/s1. The van der Waals surface area contributed by atoms with Gasteiger partial charge in [0.2, 0.25) is 11.8 Å². The third kappa shape index (κ3) is 2.97. The van der Waals surface area contributed by atoms with Crippen LogP contribution in [0.5, 0.6) is 5.88 Å². The van der Waals surface area contributed by atoms with Crippen LogP contribution in [-0.4, -0.2) is 47.2 Å². The second-order valence-electron chi connectivity index (χ2n) is 7.43. The van der Waals surface area contributed by atoms with Gasteiger partial charge in [-0.3, -0.25) is 4.79 Å². The SMILES string of the molecule is COc1nccc(N2C[C@H]3CC[C@@H](C2)N(Cc2c(C)noc2C)C3=O)c1C#N. The summed E-state index contributed by atoms with van der Waals surface area (Å²) in [7, 11) is 1.51. The van der Waals surface area contributed by atoms with Crippen molar-refractivity contribution in [1.29, 1.82) is 5.26 Å². The van der Waals surface area contributed by atoms with E-state index in [1.807, 2.05) is 24.8 Å². The molecule has 8 heteroatoms. The van der Waals surface area contributed by atoms with Crippen LogP contribution >= 0.6 is 0 Å². The highest BCUT2D eigenvalue weighted by Gasteiger charge is 2.41. The average molecular weight is 381 g/mol. The van der Waals surface area contributed by atoms with Crippen LogP contribution in [0.15, 0.2) is 16.8 Å². The number of methoxy groups -OCH3 is 1. The monoisotopic (exact) mass is 381 g/mol. The van der Waals surface area contributed by atoms with Crippen molar-refractivity contribution >= 4 is 11.6 Å². The van der Waals surface area contributed by atoms with Crippen LogP contribution < -0.4 is 9.64 Å². The fourth-order valence-corrected chi connectivity index (χ4v) is 4.30.